The summed E-state index contributed by atoms with van der Waals surface area (Å²) in [5.41, 5.74) is 2.03. The Morgan fingerprint density at radius 3 is 2.81 bits per heavy atom. The van der Waals surface area contributed by atoms with Gasteiger partial charge in [-0.25, -0.2) is 9.97 Å². The molecule has 1 N–H and O–H groups in total. The molecule has 162 valence electrons. The number of fused-ring (bicyclic) bond motifs is 1. The standard InChI is InChI=1S/C23H29N7O/c1-23(2,3)22(31)27-15-29-11-9-18-20(25-14-26-21(18)29)17-12-28-30(13-17)19(8-10-24)16-6-4-5-7-16/h9,11-14,16,19H,4-8,15H2,1-3H3,(H,27,31). The molecule has 1 aliphatic rings. The molecule has 0 aromatic carbocycles. The number of rotatable bonds is 6. The van der Waals surface area contributed by atoms with E-state index in [1.807, 2.05) is 54.7 Å². The maximum atomic E-state index is 12.2. The van der Waals surface area contributed by atoms with Gasteiger partial charge < -0.3 is 9.88 Å². The van der Waals surface area contributed by atoms with Crippen molar-refractivity contribution in [1.29, 1.82) is 5.26 Å². The number of nitriles is 1. The average molecular weight is 420 g/mol. The van der Waals surface area contributed by atoms with Gasteiger partial charge in [-0.3, -0.25) is 9.48 Å². The number of amides is 1. The van der Waals surface area contributed by atoms with E-state index in [2.05, 4.69) is 26.5 Å². The van der Waals surface area contributed by atoms with Gasteiger partial charge in [-0.1, -0.05) is 33.6 Å². The monoisotopic (exact) mass is 419 g/mol. The quantitative estimate of drug-likeness (QED) is 0.649. The Kier molecular flexibility index (Phi) is 5.77. The van der Waals surface area contributed by atoms with E-state index in [1.165, 1.54) is 12.8 Å². The molecule has 4 rings (SSSR count). The van der Waals surface area contributed by atoms with E-state index in [0.29, 0.717) is 19.0 Å². The lowest BCUT2D eigenvalue weighted by molar-refractivity contribution is -0.129. The number of hydrogen-bond acceptors (Lipinski definition) is 5. The summed E-state index contributed by atoms with van der Waals surface area (Å²) in [5, 5.41) is 17.8. The zero-order valence-corrected chi connectivity index (χ0v) is 18.4. The molecule has 1 fully saturated rings. The van der Waals surface area contributed by atoms with Crippen LogP contribution in [0.15, 0.2) is 31.0 Å². The van der Waals surface area contributed by atoms with Crippen molar-refractivity contribution >= 4 is 16.9 Å². The molecule has 3 aromatic heterocycles. The minimum Gasteiger partial charge on any atom is -0.338 e. The van der Waals surface area contributed by atoms with Crippen LogP contribution < -0.4 is 5.32 Å². The molecule has 3 aromatic rings. The zero-order valence-electron chi connectivity index (χ0n) is 18.4. The molecule has 1 saturated carbocycles. The number of nitrogens with zero attached hydrogens (tertiary/aromatic N) is 6. The van der Waals surface area contributed by atoms with Crippen LogP contribution in [-0.4, -0.2) is 30.2 Å². The van der Waals surface area contributed by atoms with Crippen molar-refractivity contribution in [3.63, 3.8) is 0 Å². The average Bonchev–Trinajstić information content (AvgIpc) is 3.50. The molecule has 0 radical (unpaired) electrons. The normalized spacial score (nSPS) is 15.8. The number of hydrogen-bond donors (Lipinski definition) is 1. The second-order valence-corrected chi connectivity index (χ2v) is 9.34. The Morgan fingerprint density at radius 1 is 1.32 bits per heavy atom. The van der Waals surface area contributed by atoms with Crippen molar-refractivity contribution in [1.82, 2.24) is 29.6 Å². The van der Waals surface area contributed by atoms with Crippen molar-refractivity contribution < 1.29 is 4.79 Å². The van der Waals surface area contributed by atoms with Crippen LogP contribution in [0.3, 0.4) is 0 Å². The highest BCUT2D eigenvalue weighted by atomic mass is 16.2. The van der Waals surface area contributed by atoms with Crippen molar-refractivity contribution in [3.8, 4) is 17.3 Å². The first-order chi connectivity index (χ1) is 14.9. The number of aromatic nitrogens is 5. The van der Waals surface area contributed by atoms with Gasteiger partial charge in [0.2, 0.25) is 5.91 Å². The molecule has 0 aliphatic heterocycles. The summed E-state index contributed by atoms with van der Waals surface area (Å²) in [6, 6.07) is 4.41. The van der Waals surface area contributed by atoms with E-state index in [-0.39, 0.29) is 11.9 Å². The van der Waals surface area contributed by atoms with Crippen molar-refractivity contribution in [3.05, 3.63) is 31.0 Å². The van der Waals surface area contributed by atoms with Gasteiger partial charge in [0, 0.05) is 28.8 Å². The molecule has 0 spiro atoms. The summed E-state index contributed by atoms with van der Waals surface area (Å²) < 4.78 is 3.86. The Labute approximate surface area is 182 Å². The van der Waals surface area contributed by atoms with Crippen LogP contribution in [0.5, 0.6) is 0 Å². The molecular formula is C23H29N7O. The highest BCUT2D eigenvalue weighted by molar-refractivity contribution is 5.90. The minimum atomic E-state index is -0.447. The largest absolute Gasteiger partial charge is 0.338 e. The molecule has 1 amide bonds. The van der Waals surface area contributed by atoms with Crippen molar-refractivity contribution in [2.75, 3.05) is 0 Å². The summed E-state index contributed by atoms with van der Waals surface area (Å²) in [6.07, 6.45) is 12.5. The highest BCUT2D eigenvalue weighted by Crippen LogP contribution is 2.36. The van der Waals surface area contributed by atoms with Crippen LogP contribution in [-0.2, 0) is 11.5 Å². The number of carbonyl (C=O) groups excluding carboxylic acids is 1. The van der Waals surface area contributed by atoms with E-state index >= 15 is 0 Å². The van der Waals surface area contributed by atoms with E-state index in [0.717, 1.165) is 35.1 Å². The molecule has 3 heterocycles. The fraction of sp³-hybridized carbons (Fsp3) is 0.522. The van der Waals surface area contributed by atoms with Gasteiger partial charge in [0.15, 0.2) is 0 Å². The molecule has 8 heteroatoms. The third-order valence-corrected chi connectivity index (χ3v) is 6.11. The second-order valence-electron chi connectivity index (χ2n) is 9.34. The Balaban J connectivity index is 1.60. The third kappa shape index (κ3) is 4.31. The molecule has 0 saturated heterocycles. The van der Waals surface area contributed by atoms with Gasteiger partial charge >= 0.3 is 0 Å². The van der Waals surface area contributed by atoms with Crippen LogP contribution in [0.4, 0.5) is 0 Å². The SMILES string of the molecule is CC(C)(C)C(=O)NCn1ccc2c(-c3cnn(C(CC#N)C4CCCC4)c3)ncnc21. The first-order valence-corrected chi connectivity index (χ1v) is 10.9. The third-order valence-electron chi connectivity index (χ3n) is 6.11. The van der Waals surface area contributed by atoms with Crippen LogP contribution >= 0.6 is 0 Å². The predicted octanol–water partition coefficient (Wildman–Crippen LogP) is 4.06. The molecule has 1 atom stereocenters. The fourth-order valence-corrected chi connectivity index (χ4v) is 4.34. The summed E-state index contributed by atoms with van der Waals surface area (Å²) in [4.78, 5) is 21.2. The van der Waals surface area contributed by atoms with Crippen LogP contribution in [0.25, 0.3) is 22.3 Å². The Morgan fingerprint density at radius 2 is 2.10 bits per heavy atom. The lowest BCUT2D eigenvalue weighted by Gasteiger charge is -2.21. The van der Waals surface area contributed by atoms with Crippen LogP contribution in [0.1, 0.15) is 58.9 Å². The van der Waals surface area contributed by atoms with Gasteiger partial charge in [0.05, 0.1) is 37.1 Å². The van der Waals surface area contributed by atoms with Gasteiger partial charge in [-0.15, -0.1) is 0 Å². The number of nitrogens with one attached hydrogen (secondary N) is 1. The zero-order chi connectivity index (χ0) is 22.0. The molecule has 1 aliphatic carbocycles. The predicted molar refractivity (Wildman–Crippen MR) is 118 cm³/mol. The second kappa shape index (κ2) is 8.50. The molecule has 0 bridgehead atoms. The highest BCUT2D eigenvalue weighted by Gasteiger charge is 2.27. The molecular weight excluding hydrogens is 390 g/mol. The summed E-state index contributed by atoms with van der Waals surface area (Å²) in [6.45, 7) is 6.01. The van der Waals surface area contributed by atoms with E-state index in [4.69, 9.17) is 0 Å². The summed E-state index contributed by atoms with van der Waals surface area (Å²) in [5.74, 6) is 0.491. The molecule has 1 unspecified atom stereocenters. The van der Waals surface area contributed by atoms with Gasteiger partial charge in [-0.05, 0) is 24.8 Å². The van der Waals surface area contributed by atoms with Gasteiger partial charge in [0.25, 0.3) is 0 Å². The first kappa shape index (κ1) is 21.0. The van der Waals surface area contributed by atoms with Crippen LogP contribution in [0, 0.1) is 22.7 Å². The molecule has 31 heavy (non-hydrogen) atoms. The van der Waals surface area contributed by atoms with Crippen molar-refractivity contribution in [2.24, 2.45) is 11.3 Å². The lowest BCUT2D eigenvalue weighted by atomic mass is 9.96. The topological polar surface area (TPSA) is 101 Å². The van der Waals surface area contributed by atoms with E-state index in [9.17, 15) is 10.1 Å². The van der Waals surface area contributed by atoms with E-state index in [1.54, 1.807) is 6.33 Å². The first-order valence-electron chi connectivity index (χ1n) is 10.9. The Hall–Kier alpha value is -3.21. The van der Waals surface area contributed by atoms with Crippen LogP contribution in [0.2, 0.25) is 0 Å². The maximum Gasteiger partial charge on any atom is 0.226 e. The summed E-state index contributed by atoms with van der Waals surface area (Å²) >= 11 is 0. The van der Waals surface area contributed by atoms with Crippen molar-refractivity contribution in [2.45, 2.75) is 65.6 Å². The maximum absolute atomic E-state index is 12.2. The van der Waals surface area contributed by atoms with Gasteiger partial charge in [0.1, 0.15) is 12.0 Å². The fourth-order valence-electron chi connectivity index (χ4n) is 4.34. The van der Waals surface area contributed by atoms with E-state index < -0.39 is 5.41 Å². The smallest absolute Gasteiger partial charge is 0.226 e. The lowest BCUT2D eigenvalue weighted by Crippen LogP contribution is -2.35. The molecule has 8 nitrogen and oxygen atoms in total. The Bertz CT molecular complexity index is 1110. The van der Waals surface area contributed by atoms with Gasteiger partial charge in [-0.2, -0.15) is 10.4 Å². The minimum absolute atomic E-state index is 0.0136. The number of carbonyl (C=O) groups is 1. The summed E-state index contributed by atoms with van der Waals surface area (Å²) in [7, 11) is 0.